The van der Waals surface area contributed by atoms with Crippen molar-refractivity contribution >= 4 is 17.2 Å². The minimum atomic E-state index is -0.0175. The van der Waals surface area contributed by atoms with Crippen molar-refractivity contribution in [2.75, 3.05) is 13.2 Å². The first-order chi connectivity index (χ1) is 10.2. The maximum Gasteiger partial charge on any atom is 0.262 e. The fourth-order valence-corrected chi connectivity index (χ4v) is 3.56. The van der Waals surface area contributed by atoms with Gasteiger partial charge in [-0.25, -0.2) is 0 Å². The summed E-state index contributed by atoms with van der Waals surface area (Å²) in [6.07, 6.45) is 5.53. The van der Waals surface area contributed by atoms with E-state index in [1.807, 2.05) is 11.4 Å². The molecule has 21 heavy (non-hydrogen) atoms. The van der Waals surface area contributed by atoms with Crippen LogP contribution in [0.5, 0.6) is 0 Å². The van der Waals surface area contributed by atoms with Gasteiger partial charge in [0, 0.05) is 18.5 Å². The summed E-state index contributed by atoms with van der Waals surface area (Å²) in [7, 11) is 0. The van der Waals surface area contributed by atoms with Crippen LogP contribution in [0.15, 0.2) is 11.4 Å². The summed E-state index contributed by atoms with van der Waals surface area (Å²) < 4.78 is 0. The van der Waals surface area contributed by atoms with E-state index in [0.717, 1.165) is 12.1 Å². The van der Waals surface area contributed by atoms with Gasteiger partial charge in [0.15, 0.2) is 0 Å². The van der Waals surface area contributed by atoms with Crippen molar-refractivity contribution in [2.45, 2.75) is 39.0 Å². The number of hydrogen-bond acceptors (Lipinski definition) is 3. The molecule has 0 bridgehead atoms. The van der Waals surface area contributed by atoms with E-state index in [0.29, 0.717) is 23.1 Å². The molecule has 0 aromatic carbocycles. The average molecular weight is 305 g/mol. The number of hydrogen-bond donors (Lipinski definition) is 2. The smallest absolute Gasteiger partial charge is 0.262 e. The first kappa shape index (κ1) is 16.1. The quantitative estimate of drug-likeness (QED) is 0.840. The first-order valence-electron chi connectivity index (χ1n) is 7.67. The van der Waals surface area contributed by atoms with E-state index in [1.165, 1.54) is 37.0 Å². The van der Waals surface area contributed by atoms with Crippen molar-refractivity contribution in [3.8, 4) is 11.8 Å². The summed E-state index contributed by atoms with van der Waals surface area (Å²) in [6.45, 7) is 3.10. The van der Waals surface area contributed by atoms with Crippen LogP contribution in [-0.2, 0) is 0 Å². The molecular formula is C17H23NO2S. The van der Waals surface area contributed by atoms with Crippen molar-refractivity contribution < 1.29 is 9.90 Å². The number of rotatable bonds is 4. The molecule has 1 saturated carbocycles. The molecule has 1 heterocycles. The number of carbonyl (C=O) groups excluding carboxylic acids is 1. The van der Waals surface area contributed by atoms with Crippen LogP contribution in [0.4, 0.5) is 0 Å². The third-order valence-corrected chi connectivity index (χ3v) is 5.06. The SMILES string of the molecule is CC1CCCCC1CNC(=O)c1sccc1C#CCCO. The van der Waals surface area contributed by atoms with Crippen LogP contribution < -0.4 is 5.32 Å². The third-order valence-electron chi connectivity index (χ3n) is 4.15. The Balaban J connectivity index is 1.92. The van der Waals surface area contributed by atoms with Gasteiger partial charge in [0.05, 0.1) is 6.61 Å². The van der Waals surface area contributed by atoms with E-state index < -0.39 is 0 Å². The molecule has 0 aliphatic heterocycles. The van der Waals surface area contributed by atoms with E-state index >= 15 is 0 Å². The highest BCUT2D eigenvalue weighted by Crippen LogP contribution is 2.29. The zero-order valence-electron chi connectivity index (χ0n) is 12.5. The van der Waals surface area contributed by atoms with Crippen molar-refractivity contribution in [2.24, 2.45) is 11.8 Å². The Morgan fingerprint density at radius 3 is 3.05 bits per heavy atom. The van der Waals surface area contributed by atoms with Crippen LogP contribution in [0.25, 0.3) is 0 Å². The monoisotopic (exact) mass is 305 g/mol. The molecule has 1 amide bonds. The Morgan fingerprint density at radius 1 is 1.48 bits per heavy atom. The highest BCUT2D eigenvalue weighted by molar-refractivity contribution is 7.12. The predicted molar refractivity (Wildman–Crippen MR) is 86.4 cm³/mol. The molecule has 2 rings (SSSR count). The molecule has 2 N–H and O–H groups in total. The van der Waals surface area contributed by atoms with Crippen LogP contribution in [-0.4, -0.2) is 24.2 Å². The highest BCUT2D eigenvalue weighted by atomic mass is 32.1. The van der Waals surface area contributed by atoms with Gasteiger partial charge in [0.1, 0.15) is 4.88 Å². The number of thiophene rings is 1. The standard InChI is InChI=1S/C17H23NO2S/c1-13-6-2-3-8-15(13)12-18-17(20)16-14(9-11-21-16)7-4-5-10-19/h9,11,13,15,19H,2-3,5-6,8,10,12H2,1H3,(H,18,20). The number of aliphatic hydroxyl groups is 1. The first-order valence-corrected chi connectivity index (χ1v) is 8.55. The molecule has 1 aliphatic carbocycles. The molecule has 2 unspecified atom stereocenters. The predicted octanol–water partition coefficient (Wildman–Crippen LogP) is 3.04. The maximum atomic E-state index is 12.3. The third kappa shape index (κ3) is 4.59. The highest BCUT2D eigenvalue weighted by Gasteiger charge is 2.22. The minimum Gasteiger partial charge on any atom is -0.395 e. The lowest BCUT2D eigenvalue weighted by molar-refractivity contribution is 0.0940. The van der Waals surface area contributed by atoms with Crippen molar-refractivity contribution in [3.05, 3.63) is 21.9 Å². The number of amides is 1. The summed E-state index contributed by atoms with van der Waals surface area (Å²) in [5.41, 5.74) is 0.766. The number of carbonyl (C=O) groups is 1. The van der Waals surface area contributed by atoms with Crippen molar-refractivity contribution in [3.63, 3.8) is 0 Å². The fraction of sp³-hybridized carbons (Fsp3) is 0.588. The molecule has 0 radical (unpaired) electrons. The van der Waals surface area contributed by atoms with E-state index in [9.17, 15) is 4.79 Å². The number of nitrogens with one attached hydrogen (secondary N) is 1. The van der Waals surface area contributed by atoms with Gasteiger partial charge in [-0.05, 0) is 29.7 Å². The van der Waals surface area contributed by atoms with Crippen LogP contribution in [0.2, 0.25) is 0 Å². The second-order valence-electron chi connectivity index (χ2n) is 5.67. The Hall–Kier alpha value is -1.31. The van der Waals surface area contributed by atoms with E-state index in [-0.39, 0.29) is 12.5 Å². The Kier molecular flexibility index (Phi) is 6.28. The molecule has 3 nitrogen and oxygen atoms in total. The Labute approximate surface area is 130 Å². The molecule has 4 heteroatoms. The van der Waals surface area contributed by atoms with E-state index in [4.69, 9.17) is 5.11 Å². The minimum absolute atomic E-state index is 0.0175. The average Bonchev–Trinajstić information content (AvgIpc) is 2.95. The maximum absolute atomic E-state index is 12.3. The van der Waals surface area contributed by atoms with Crippen LogP contribution >= 0.6 is 11.3 Å². The van der Waals surface area contributed by atoms with Gasteiger partial charge in [-0.2, -0.15) is 0 Å². The number of aliphatic hydroxyl groups excluding tert-OH is 1. The zero-order chi connectivity index (χ0) is 15.1. The van der Waals surface area contributed by atoms with E-state index in [2.05, 4.69) is 24.1 Å². The molecule has 0 saturated heterocycles. The van der Waals surface area contributed by atoms with Crippen LogP contribution in [0.3, 0.4) is 0 Å². The van der Waals surface area contributed by atoms with Gasteiger partial charge < -0.3 is 10.4 Å². The summed E-state index contributed by atoms with van der Waals surface area (Å²) in [5.74, 6) is 7.12. The molecule has 0 spiro atoms. The fourth-order valence-electron chi connectivity index (χ4n) is 2.80. The normalized spacial score (nSPS) is 21.4. The Bertz CT molecular complexity index is 526. The molecule has 1 aromatic heterocycles. The lowest BCUT2D eigenvalue weighted by atomic mass is 9.80. The summed E-state index contributed by atoms with van der Waals surface area (Å²) in [5, 5.41) is 13.7. The van der Waals surface area contributed by atoms with Gasteiger partial charge in [-0.1, -0.05) is 38.0 Å². The van der Waals surface area contributed by atoms with Gasteiger partial charge in [0.25, 0.3) is 5.91 Å². The molecule has 2 atom stereocenters. The van der Waals surface area contributed by atoms with Gasteiger partial charge in [-0.15, -0.1) is 11.3 Å². The molecule has 1 aliphatic rings. The lowest BCUT2D eigenvalue weighted by Crippen LogP contribution is -2.33. The molecular weight excluding hydrogens is 282 g/mol. The van der Waals surface area contributed by atoms with Crippen molar-refractivity contribution in [1.29, 1.82) is 0 Å². The second kappa shape index (κ2) is 8.21. The Morgan fingerprint density at radius 2 is 2.29 bits per heavy atom. The molecule has 1 fully saturated rings. The van der Waals surface area contributed by atoms with Gasteiger partial charge in [0.2, 0.25) is 0 Å². The van der Waals surface area contributed by atoms with Crippen LogP contribution in [0, 0.1) is 23.7 Å². The molecule has 114 valence electrons. The summed E-state index contributed by atoms with van der Waals surface area (Å²) >= 11 is 1.43. The molecule has 1 aromatic rings. The zero-order valence-corrected chi connectivity index (χ0v) is 13.3. The second-order valence-corrected chi connectivity index (χ2v) is 6.59. The topological polar surface area (TPSA) is 49.3 Å². The summed E-state index contributed by atoms with van der Waals surface area (Å²) in [6, 6.07) is 1.87. The van der Waals surface area contributed by atoms with Gasteiger partial charge in [-0.3, -0.25) is 4.79 Å². The van der Waals surface area contributed by atoms with Crippen LogP contribution in [0.1, 0.15) is 54.3 Å². The summed E-state index contributed by atoms with van der Waals surface area (Å²) in [4.78, 5) is 13.0. The van der Waals surface area contributed by atoms with Gasteiger partial charge >= 0.3 is 0 Å². The lowest BCUT2D eigenvalue weighted by Gasteiger charge is -2.28. The van der Waals surface area contributed by atoms with E-state index in [1.54, 1.807) is 0 Å². The largest absolute Gasteiger partial charge is 0.395 e. The van der Waals surface area contributed by atoms with Crippen molar-refractivity contribution in [1.82, 2.24) is 5.32 Å².